The third-order valence-corrected chi connectivity index (χ3v) is 4.43. The van der Waals surface area contributed by atoms with E-state index < -0.39 is 9.84 Å². The van der Waals surface area contributed by atoms with Crippen LogP contribution in [-0.4, -0.2) is 15.5 Å². The molecule has 0 unspecified atom stereocenters. The number of hydrogen-bond acceptors (Lipinski definition) is 4. The van der Waals surface area contributed by atoms with Crippen LogP contribution in [-0.2, 0) is 22.1 Å². The van der Waals surface area contributed by atoms with Crippen molar-refractivity contribution in [2.24, 2.45) is 0 Å². The predicted octanol–water partition coefficient (Wildman–Crippen LogP) is 2.63. The van der Waals surface area contributed by atoms with Gasteiger partial charge in [0, 0.05) is 5.02 Å². The van der Waals surface area contributed by atoms with Gasteiger partial charge in [0.15, 0.2) is 9.84 Å². The van der Waals surface area contributed by atoms with Gasteiger partial charge in [0.05, 0.1) is 11.4 Å². The molecule has 4 nitrogen and oxygen atoms in total. The average molecular weight is 300 g/mol. The van der Waals surface area contributed by atoms with Crippen LogP contribution < -0.4 is 5.32 Å². The molecule has 0 spiro atoms. The van der Waals surface area contributed by atoms with Gasteiger partial charge < -0.3 is 9.73 Å². The van der Waals surface area contributed by atoms with Gasteiger partial charge in [-0.05, 0) is 37.4 Å². The lowest BCUT2D eigenvalue weighted by atomic mass is 10.4. The van der Waals surface area contributed by atoms with Gasteiger partial charge >= 0.3 is 0 Å². The molecule has 0 aliphatic rings. The molecule has 0 amide bonds. The second kappa shape index (κ2) is 5.77. The van der Waals surface area contributed by atoms with Crippen molar-refractivity contribution in [1.29, 1.82) is 0 Å². The quantitative estimate of drug-likeness (QED) is 0.922. The Morgan fingerprint density at radius 1 is 1.21 bits per heavy atom. The van der Waals surface area contributed by atoms with Crippen molar-refractivity contribution in [2.45, 2.75) is 17.2 Å². The van der Waals surface area contributed by atoms with Crippen molar-refractivity contribution in [3.05, 3.63) is 52.9 Å². The summed E-state index contributed by atoms with van der Waals surface area (Å²) in [5.41, 5.74) is 0. The molecule has 1 aromatic heterocycles. The zero-order valence-corrected chi connectivity index (χ0v) is 12.0. The Morgan fingerprint density at radius 3 is 2.63 bits per heavy atom. The van der Waals surface area contributed by atoms with Gasteiger partial charge in [0.25, 0.3) is 0 Å². The molecule has 2 aromatic rings. The summed E-state index contributed by atoms with van der Waals surface area (Å²) < 4.78 is 29.8. The smallest absolute Gasteiger partial charge is 0.185 e. The standard InChI is InChI=1S/C13H14ClNO3S/c1-15-8-11-5-6-12(18-11)9-19(16,17)13-4-2-3-10(14)7-13/h2-7,15H,8-9H2,1H3. The molecule has 1 aromatic carbocycles. The number of nitrogens with one attached hydrogen (secondary N) is 1. The molecule has 1 heterocycles. The first-order valence-electron chi connectivity index (χ1n) is 5.72. The maximum Gasteiger partial charge on any atom is 0.185 e. The largest absolute Gasteiger partial charge is 0.464 e. The van der Waals surface area contributed by atoms with E-state index in [9.17, 15) is 8.42 Å². The second-order valence-corrected chi connectivity index (χ2v) is 6.54. The molecule has 6 heteroatoms. The first-order chi connectivity index (χ1) is 9.01. The summed E-state index contributed by atoms with van der Waals surface area (Å²) in [6, 6.07) is 9.66. The van der Waals surface area contributed by atoms with E-state index in [-0.39, 0.29) is 10.6 Å². The minimum Gasteiger partial charge on any atom is -0.464 e. The Kier molecular flexibility index (Phi) is 4.29. The molecule has 19 heavy (non-hydrogen) atoms. The highest BCUT2D eigenvalue weighted by Crippen LogP contribution is 2.21. The highest BCUT2D eigenvalue weighted by molar-refractivity contribution is 7.90. The van der Waals surface area contributed by atoms with E-state index in [0.717, 1.165) is 0 Å². The van der Waals surface area contributed by atoms with Crippen LogP contribution in [0.3, 0.4) is 0 Å². The fourth-order valence-corrected chi connectivity index (χ4v) is 3.24. The molecule has 0 fully saturated rings. The summed E-state index contributed by atoms with van der Waals surface area (Å²) in [6.45, 7) is 0.567. The second-order valence-electron chi connectivity index (χ2n) is 4.11. The molecule has 0 saturated heterocycles. The number of benzene rings is 1. The zero-order chi connectivity index (χ0) is 13.9. The van der Waals surface area contributed by atoms with Crippen LogP contribution in [0.4, 0.5) is 0 Å². The van der Waals surface area contributed by atoms with Crippen LogP contribution in [0.25, 0.3) is 0 Å². The fraction of sp³-hybridized carbons (Fsp3) is 0.231. The first-order valence-corrected chi connectivity index (χ1v) is 7.75. The molecule has 0 saturated carbocycles. The van der Waals surface area contributed by atoms with Gasteiger partial charge in [-0.25, -0.2) is 8.42 Å². The van der Waals surface area contributed by atoms with Crippen LogP contribution in [0, 0.1) is 0 Å². The maximum atomic E-state index is 12.2. The van der Waals surface area contributed by atoms with Crippen molar-refractivity contribution in [2.75, 3.05) is 7.05 Å². The lowest BCUT2D eigenvalue weighted by Crippen LogP contribution is -2.05. The van der Waals surface area contributed by atoms with E-state index in [1.54, 1.807) is 31.3 Å². The van der Waals surface area contributed by atoms with E-state index in [1.165, 1.54) is 12.1 Å². The van der Waals surface area contributed by atoms with Crippen LogP contribution in [0.1, 0.15) is 11.5 Å². The van der Waals surface area contributed by atoms with Gasteiger partial charge in [-0.2, -0.15) is 0 Å². The van der Waals surface area contributed by atoms with Gasteiger partial charge in [-0.1, -0.05) is 17.7 Å². The molecule has 0 aliphatic heterocycles. The summed E-state index contributed by atoms with van der Waals surface area (Å²) >= 11 is 5.80. The van der Waals surface area contributed by atoms with Crippen LogP contribution in [0.15, 0.2) is 45.7 Å². The minimum absolute atomic E-state index is 0.170. The Labute approximate surface area is 117 Å². The Hall–Kier alpha value is -1.30. The third kappa shape index (κ3) is 3.59. The Balaban J connectivity index is 2.21. The van der Waals surface area contributed by atoms with Gasteiger partial charge in [0.2, 0.25) is 0 Å². The van der Waals surface area contributed by atoms with Crippen molar-refractivity contribution in [3.8, 4) is 0 Å². The molecule has 1 N–H and O–H groups in total. The van der Waals surface area contributed by atoms with Gasteiger partial charge in [-0.15, -0.1) is 0 Å². The molecule has 102 valence electrons. The predicted molar refractivity (Wildman–Crippen MR) is 73.8 cm³/mol. The molecule has 0 radical (unpaired) electrons. The van der Waals surface area contributed by atoms with Crippen LogP contribution in [0.5, 0.6) is 0 Å². The van der Waals surface area contributed by atoms with Crippen molar-refractivity contribution in [1.82, 2.24) is 5.32 Å². The molecular formula is C13H14ClNO3S. The van der Waals surface area contributed by atoms with E-state index >= 15 is 0 Å². The Bertz CT molecular complexity index is 664. The average Bonchev–Trinajstić information content (AvgIpc) is 2.76. The summed E-state index contributed by atoms with van der Waals surface area (Å²) in [4.78, 5) is 0.201. The SMILES string of the molecule is CNCc1ccc(CS(=O)(=O)c2cccc(Cl)c2)o1. The monoisotopic (exact) mass is 299 g/mol. The van der Waals surface area contributed by atoms with E-state index in [0.29, 0.717) is 23.1 Å². The topological polar surface area (TPSA) is 59.3 Å². The highest BCUT2D eigenvalue weighted by Gasteiger charge is 2.17. The molecule has 0 bridgehead atoms. The fourth-order valence-electron chi connectivity index (χ4n) is 1.70. The third-order valence-electron chi connectivity index (χ3n) is 2.56. The van der Waals surface area contributed by atoms with Crippen molar-refractivity contribution < 1.29 is 12.8 Å². The van der Waals surface area contributed by atoms with Crippen LogP contribution in [0.2, 0.25) is 5.02 Å². The van der Waals surface area contributed by atoms with Gasteiger partial charge in [-0.3, -0.25) is 0 Å². The Morgan fingerprint density at radius 2 is 1.95 bits per heavy atom. The number of hydrogen-bond donors (Lipinski definition) is 1. The number of sulfone groups is 1. The minimum atomic E-state index is -3.44. The number of rotatable bonds is 5. The highest BCUT2D eigenvalue weighted by atomic mass is 35.5. The number of furan rings is 1. The molecule has 2 rings (SSSR count). The van der Waals surface area contributed by atoms with E-state index in [4.69, 9.17) is 16.0 Å². The summed E-state index contributed by atoms with van der Waals surface area (Å²) in [7, 11) is -1.64. The molecule has 0 aliphatic carbocycles. The maximum absolute atomic E-state index is 12.2. The van der Waals surface area contributed by atoms with Gasteiger partial charge in [0.1, 0.15) is 17.3 Å². The normalized spacial score (nSPS) is 11.7. The zero-order valence-electron chi connectivity index (χ0n) is 10.4. The summed E-state index contributed by atoms with van der Waals surface area (Å²) in [5, 5.41) is 3.34. The molecule has 0 atom stereocenters. The van der Waals surface area contributed by atoms with Crippen LogP contribution >= 0.6 is 11.6 Å². The van der Waals surface area contributed by atoms with Crippen molar-refractivity contribution in [3.63, 3.8) is 0 Å². The molecular weight excluding hydrogens is 286 g/mol. The van der Waals surface area contributed by atoms with E-state index in [1.807, 2.05) is 0 Å². The number of halogens is 1. The summed E-state index contributed by atoms with van der Waals surface area (Å²) in [5.74, 6) is 0.959. The van der Waals surface area contributed by atoms with Crippen molar-refractivity contribution >= 4 is 21.4 Å². The lowest BCUT2D eigenvalue weighted by molar-refractivity contribution is 0.465. The lowest BCUT2D eigenvalue weighted by Gasteiger charge is -2.03. The van der Waals surface area contributed by atoms with E-state index in [2.05, 4.69) is 5.32 Å². The first kappa shape index (κ1) is 14.1. The summed E-state index contributed by atoms with van der Waals surface area (Å²) in [6.07, 6.45) is 0.